The van der Waals surface area contributed by atoms with E-state index in [0.717, 1.165) is 25.9 Å². The van der Waals surface area contributed by atoms with E-state index in [1.54, 1.807) is 19.0 Å². The Bertz CT molecular complexity index is 290. The standard InChI is InChI=1S/C12H22N2O4/c1-13(7-6-11(15)16)12(17)14(2)9-10-5-3-4-8-18-10/h10H,3-9H2,1-2H3,(H,15,16). The first-order chi connectivity index (χ1) is 8.50. The quantitative estimate of drug-likeness (QED) is 0.799. The number of carbonyl (C=O) groups excluding carboxylic acids is 1. The lowest BCUT2D eigenvalue weighted by molar-refractivity contribution is -0.137. The summed E-state index contributed by atoms with van der Waals surface area (Å²) in [6.07, 6.45) is 3.29. The molecular weight excluding hydrogens is 236 g/mol. The normalized spacial score (nSPS) is 19.3. The molecule has 1 rings (SSSR count). The molecule has 0 radical (unpaired) electrons. The molecule has 104 valence electrons. The second kappa shape index (κ2) is 7.20. The van der Waals surface area contributed by atoms with Crippen molar-refractivity contribution in [3.63, 3.8) is 0 Å². The first-order valence-electron chi connectivity index (χ1n) is 6.30. The molecule has 0 aliphatic carbocycles. The van der Waals surface area contributed by atoms with Gasteiger partial charge in [-0.1, -0.05) is 0 Å². The number of likely N-dealkylation sites (N-methyl/N-ethyl adjacent to an activating group) is 1. The average molecular weight is 258 g/mol. The fourth-order valence-electron chi connectivity index (χ4n) is 1.99. The smallest absolute Gasteiger partial charge is 0.319 e. The summed E-state index contributed by atoms with van der Waals surface area (Å²) in [6.45, 7) is 1.56. The van der Waals surface area contributed by atoms with Crippen molar-refractivity contribution in [2.75, 3.05) is 33.8 Å². The first-order valence-corrected chi connectivity index (χ1v) is 6.30. The van der Waals surface area contributed by atoms with Crippen molar-refractivity contribution >= 4 is 12.0 Å². The highest BCUT2D eigenvalue weighted by atomic mass is 16.5. The van der Waals surface area contributed by atoms with Gasteiger partial charge < -0.3 is 19.6 Å². The van der Waals surface area contributed by atoms with Crippen molar-refractivity contribution in [1.82, 2.24) is 9.80 Å². The second-order valence-corrected chi connectivity index (χ2v) is 4.72. The Hall–Kier alpha value is -1.30. The lowest BCUT2D eigenvalue weighted by atomic mass is 10.1. The Labute approximate surface area is 107 Å². The summed E-state index contributed by atoms with van der Waals surface area (Å²) in [5.41, 5.74) is 0. The molecule has 1 unspecified atom stereocenters. The van der Waals surface area contributed by atoms with Gasteiger partial charge in [-0.25, -0.2) is 4.79 Å². The highest BCUT2D eigenvalue weighted by Gasteiger charge is 2.21. The molecule has 2 amide bonds. The SMILES string of the molecule is CN(CCC(=O)O)C(=O)N(C)CC1CCCCO1. The minimum Gasteiger partial charge on any atom is -0.481 e. The molecule has 1 heterocycles. The fourth-order valence-corrected chi connectivity index (χ4v) is 1.99. The van der Waals surface area contributed by atoms with Gasteiger partial charge >= 0.3 is 12.0 Å². The number of rotatable bonds is 5. The van der Waals surface area contributed by atoms with E-state index < -0.39 is 5.97 Å². The van der Waals surface area contributed by atoms with Crippen LogP contribution in [0.1, 0.15) is 25.7 Å². The summed E-state index contributed by atoms with van der Waals surface area (Å²) in [7, 11) is 3.33. The molecule has 18 heavy (non-hydrogen) atoms. The molecule has 6 heteroatoms. The van der Waals surface area contributed by atoms with Crippen molar-refractivity contribution in [1.29, 1.82) is 0 Å². The summed E-state index contributed by atoms with van der Waals surface area (Å²) in [5, 5.41) is 8.57. The van der Waals surface area contributed by atoms with Crippen LogP contribution in [0, 0.1) is 0 Å². The second-order valence-electron chi connectivity index (χ2n) is 4.72. The van der Waals surface area contributed by atoms with Gasteiger partial charge in [-0.3, -0.25) is 4.79 Å². The highest BCUT2D eigenvalue weighted by Crippen LogP contribution is 2.13. The van der Waals surface area contributed by atoms with Crippen LogP contribution in [0.3, 0.4) is 0 Å². The molecule has 1 fully saturated rings. The number of aliphatic carboxylic acids is 1. The van der Waals surface area contributed by atoms with Crippen LogP contribution < -0.4 is 0 Å². The summed E-state index contributed by atoms with van der Waals surface area (Å²) in [5.74, 6) is -0.895. The van der Waals surface area contributed by atoms with E-state index >= 15 is 0 Å². The average Bonchev–Trinajstić information content (AvgIpc) is 2.36. The van der Waals surface area contributed by atoms with E-state index in [9.17, 15) is 9.59 Å². The largest absolute Gasteiger partial charge is 0.481 e. The van der Waals surface area contributed by atoms with Gasteiger partial charge in [0.25, 0.3) is 0 Å². The topological polar surface area (TPSA) is 70.1 Å². The Morgan fingerprint density at radius 2 is 2.00 bits per heavy atom. The van der Waals surface area contributed by atoms with Crippen LogP contribution in [0.5, 0.6) is 0 Å². The van der Waals surface area contributed by atoms with Crippen LogP contribution in [-0.4, -0.2) is 66.8 Å². The van der Waals surface area contributed by atoms with Gasteiger partial charge in [0.2, 0.25) is 0 Å². The predicted octanol–water partition coefficient (Wildman–Crippen LogP) is 1.01. The van der Waals surface area contributed by atoms with Crippen LogP contribution in [0.4, 0.5) is 4.79 Å². The Morgan fingerprint density at radius 3 is 2.56 bits per heavy atom. The molecule has 0 aromatic heterocycles. The number of hydrogen-bond acceptors (Lipinski definition) is 3. The first kappa shape index (κ1) is 14.8. The zero-order valence-corrected chi connectivity index (χ0v) is 11.1. The third kappa shape index (κ3) is 4.91. The Balaban J connectivity index is 2.32. The van der Waals surface area contributed by atoms with E-state index in [-0.39, 0.29) is 25.1 Å². The number of hydrogen-bond donors (Lipinski definition) is 1. The third-order valence-corrected chi connectivity index (χ3v) is 3.07. The predicted molar refractivity (Wildman–Crippen MR) is 66.5 cm³/mol. The molecule has 6 nitrogen and oxygen atoms in total. The van der Waals surface area contributed by atoms with Gasteiger partial charge in [0.15, 0.2) is 0 Å². The van der Waals surface area contributed by atoms with Crippen LogP contribution in [0.15, 0.2) is 0 Å². The minimum atomic E-state index is -0.895. The van der Waals surface area contributed by atoms with Crippen LogP contribution in [0.2, 0.25) is 0 Å². The summed E-state index contributed by atoms with van der Waals surface area (Å²) < 4.78 is 5.57. The van der Waals surface area contributed by atoms with Gasteiger partial charge in [-0.2, -0.15) is 0 Å². The molecule has 1 N–H and O–H groups in total. The maximum Gasteiger partial charge on any atom is 0.319 e. The van der Waals surface area contributed by atoms with Crippen molar-refractivity contribution in [3.05, 3.63) is 0 Å². The number of urea groups is 1. The van der Waals surface area contributed by atoms with Crippen LogP contribution in [-0.2, 0) is 9.53 Å². The number of carboxylic acids is 1. The van der Waals surface area contributed by atoms with E-state index in [0.29, 0.717) is 6.54 Å². The van der Waals surface area contributed by atoms with Crippen molar-refractivity contribution < 1.29 is 19.4 Å². The van der Waals surface area contributed by atoms with E-state index in [1.807, 2.05) is 0 Å². The molecular formula is C12H22N2O4. The van der Waals surface area contributed by atoms with Gasteiger partial charge in [0.1, 0.15) is 0 Å². The third-order valence-electron chi connectivity index (χ3n) is 3.07. The van der Waals surface area contributed by atoms with Gasteiger partial charge in [0.05, 0.1) is 12.5 Å². The van der Waals surface area contributed by atoms with Gasteiger partial charge in [-0.05, 0) is 19.3 Å². The number of ether oxygens (including phenoxy) is 1. The monoisotopic (exact) mass is 258 g/mol. The van der Waals surface area contributed by atoms with E-state index in [2.05, 4.69) is 0 Å². The Morgan fingerprint density at radius 1 is 1.28 bits per heavy atom. The number of amides is 2. The van der Waals surface area contributed by atoms with Crippen LogP contribution in [0.25, 0.3) is 0 Å². The molecule has 0 aromatic rings. The number of nitrogens with zero attached hydrogens (tertiary/aromatic N) is 2. The molecule has 1 aliphatic rings. The molecule has 0 bridgehead atoms. The maximum atomic E-state index is 11.9. The summed E-state index contributed by atoms with van der Waals surface area (Å²) in [6, 6.07) is -0.162. The maximum absolute atomic E-state index is 11.9. The van der Waals surface area contributed by atoms with Crippen molar-refractivity contribution in [3.8, 4) is 0 Å². The minimum absolute atomic E-state index is 0.0317. The van der Waals surface area contributed by atoms with Crippen LogP contribution >= 0.6 is 0 Å². The fraction of sp³-hybridized carbons (Fsp3) is 0.833. The molecule has 0 spiro atoms. The van der Waals surface area contributed by atoms with Gasteiger partial charge in [0, 0.05) is 33.8 Å². The van der Waals surface area contributed by atoms with E-state index in [4.69, 9.17) is 9.84 Å². The Kier molecular flexibility index (Phi) is 5.91. The van der Waals surface area contributed by atoms with Gasteiger partial charge in [-0.15, -0.1) is 0 Å². The molecule has 0 saturated carbocycles. The van der Waals surface area contributed by atoms with Crippen molar-refractivity contribution in [2.45, 2.75) is 31.8 Å². The van der Waals surface area contributed by atoms with Crippen molar-refractivity contribution in [2.24, 2.45) is 0 Å². The molecule has 1 atom stereocenters. The molecule has 0 aromatic carbocycles. The highest BCUT2D eigenvalue weighted by molar-refractivity contribution is 5.75. The lowest BCUT2D eigenvalue weighted by Gasteiger charge is -2.30. The lowest BCUT2D eigenvalue weighted by Crippen LogP contribution is -2.44. The summed E-state index contributed by atoms with van der Waals surface area (Å²) in [4.78, 5) is 25.4. The zero-order chi connectivity index (χ0) is 13.5. The number of carboxylic acid groups (broad SMARTS) is 1. The zero-order valence-electron chi connectivity index (χ0n) is 11.1. The molecule has 1 saturated heterocycles. The van der Waals surface area contributed by atoms with E-state index in [1.165, 1.54) is 4.90 Å². The number of carbonyl (C=O) groups is 2. The summed E-state index contributed by atoms with van der Waals surface area (Å²) >= 11 is 0. The molecule has 1 aliphatic heterocycles.